The molecule has 0 aliphatic carbocycles. The molecule has 1 aliphatic rings. The Morgan fingerprint density at radius 1 is 1.30 bits per heavy atom. The van der Waals surface area contributed by atoms with Crippen LogP contribution in [0.25, 0.3) is 0 Å². The van der Waals surface area contributed by atoms with Gasteiger partial charge < -0.3 is 24.6 Å². The van der Waals surface area contributed by atoms with E-state index in [0.717, 1.165) is 37.9 Å². The van der Waals surface area contributed by atoms with Crippen LogP contribution in [0.1, 0.15) is 47.7 Å². The van der Waals surface area contributed by atoms with E-state index in [2.05, 4.69) is 33.6 Å². The smallest absolute Gasteiger partial charge is 0.254 e. The highest BCUT2D eigenvalue weighted by Gasteiger charge is 2.30. The molecule has 0 unspecified atom stereocenters. The number of nitrogens with one attached hydrogen (secondary N) is 1. The Bertz CT molecular complexity index is 993. The van der Waals surface area contributed by atoms with Crippen molar-refractivity contribution in [3.63, 3.8) is 0 Å². The van der Waals surface area contributed by atoms with Gasteiger partial charge in [0.2, 0.25) is 5.91 Å². The number of likely N-dealkylation sites (tertiary alicyclic amines) is 1. The van der Waals surface area contributed by atoms with Gasteiger partial charge in [0.25, 0.3) is 5.91 Å². The molecule has 8 nitrogen and oxygen atoms in total. The highest BCUT2D eigenvalue weighted by molar-refractivity contribution is 7.07. The van der Waals surface area contributed by atoms with E-state index in [1.807, 2.05) is 10.3 Å². The maximum Gasteiger partial charge on any atom is 0.254 e. The minimum atomic E-state index is -0.243. The molecule has 1 saturated heterocycles. The number of halogens is 2. The summed E-state index contributed by atoms with van der Waals surface area (Å²) in [6, 6.07) is 4.16. The number of rotatable bonds is 13. The van der Waals surface area contributed by atoms with Crippen molar-refractivity contribution in [3.8, 4) is 0 Å². The molecule has 0 saturated carbocycles. The van der Waals surface area contributed by atoms with E-state index in [9.17, 15) is 9.59 Å². The van der Waals surface area contributed by atoms with Crippen molar-refractivity contribution in [1.29, 1.82) is 0 Å². The first kappa shape index (κ1) is 29.8. The van der Waals surface area contributed by atoms with Gasteiger partial charge in [0.15, 0.2) is 0 Å². The van der Waals surface area contributed by atoms with Crippen LogP contribution in [-0.4, -0.2) is 85.2 Å². The Morgan fingerprint density at radius 2 is 2.05 bits per heavy atom. The molecule has 1 fully saturated rings. The summed E-state index contributed by atoms with van der Waals surface area (Å²) in [5, 5.41) is 7.47. The molecule has 0 spiro atoms. The highest BCUT2D eigenvalue weighted by atomic mass is 35.5. The van der Waals surface area contributed by atoms with Crippen molar-refractivity contribution >= 4 is 46.4 Å². The molecule has 0 radical (unpaired) electrons. The number of pyridine rings is 1. The van der Waals surface area contributed by atoms with Crippen molar-refractivity contribution in [1.82, 2.24) is 20.1 Å². The number of hydrogen-bond donors (Lipinski definition) is 1. The third-order valence-corrected chi connectivity index (χ3v) is 7.89. The Labute approximate surface area is 233 Å². The molecule has 3 rings (SSSR count). The van der Waals surface area contributed by atoms with E-state index in [1.165, 1.54) is 0 Å². The first-order valence-electron chi connectivity index (χ1n) is 12.5. The fourth-order valence-electron chi connectivity index (χ4n) is 4.56. The Morgan fingerprint density at radius 3 is 2.70 bits per heavy atom. The van der Waals surface area contributed by atoms with Gasteiger partial charge >= 0.3 is 0 Å². The summed E-state index contributed by atoms with van der Waals surface area (Å²) in [6.07, 6.45) is 2.60. The number of carbonyl (C=O) groups is 2. The van der Waals surface area contributed by atoms with Crippen LogP contribution in [0.5, 0.6) is 0 Å². The van der Waals surface area contributed by atoms with Crippen molar-refractivity contribution in [2.45, 2.75) is 51.7 Å². The molecule has 11 heteroatoms. The van der Waals surface area contributed by atoms with Gasteiger partial charge in [0.1, 0.15) is 16.9 Å². The van der Waals surface area contributed by atoms with Gasteiger partial charge in [0.05, 0.1) is 18.8 Å². The topological polar surface area (TPSA) is 84.0 Å². The summed E-state index contributed by atoms with van der Waals surface area (Å²) in [7, 11) is 1.62. The van der Waals surface area contributed by atoms with Crippen LogP contribution < -0.4 is 5.32 Å². The quantitative estimate of drug-likeness (QED) is 0.283. The third-order valence-electron chi connectivity index (χ3n) is 6.69. The standard InChI is InChI=1S/C26H36Cl2N4O4S/c1-18-14-22(27)30-25(28)24(18)26(34)29-8-4-19(2)31-9-5-21(6-10-31)32(15-20-7-13-37-17-20)23(33)16-36-12-11-35-3/h7,13-14,17,19,21H,4-6,8-12,15-16H2,1-3H3,(H,29,34)/t19-/m1/s1. The lowest BCUT2D eigenvalue weighted by atomic mass is 10.00. The van der Waals surface area contributed by atoms with Gasteiger partial charge in [-0.2, -0.15) is 11.3 Å². The van der Waals surface area contributed by atoms with Crippen LogP contribution >= 0.6 is 34.5 Å². The molecule has 37 heavy (non-hydrogen) atoms. The normalized spacial score (nSPS) is 15.5. The second kappa shape index (κ2) is 15.0. The number of amides is 2. The van der Waals surface area contributed by atoms with E-state index in [1.54, 1.807) is 31.4 Å². The number of methoxy groups -OCH3 is 1. The van der Waals surface area contributed by atoms with Crippen LogP contribution in [0.2, 0.25) is 10.3 Å². The van der Waals surface area contributed by atoms with Gasteiger partial charge in [-0.25, -0.2) is 4.98 Å². The van der Waals surface area contributed by atoms with Gasteiger partial charge in [-0.05, 0) is 67.1 Å². The first-order valence-corrected chi connectivity index (χ1v) is 14.2. The third kappa shape index (κ3) is 8.90. The highest BCUT2D eigenvalue weighted by Crippen LogP contribution is 2.23. The second-order valence-corrected chi connectivity index (χ2v) is 10.8. The molecule has 3 heterocycles. The molecule has 0 aromatic carbocycles. The van der Waals surface area contributed by atoms with E-state index in [4.69, 9.17) is 32.7 Å². The van der Waals surface area contributed by atoms with E-state index in [0.29, 0.717) is 43.5 Å². The first-order chi connectivity index (χ1) is 17.8. The maximum absolute atomic E-state index is 13.0. The molecular formula is C26H36Cl2N4O4S. The fourth-order valence-corrected chi connectivity index (χ4v) is 5.83. The largest absolute Gasteiger partial charge is 0.382 e. The van der Waals surface area contributed by atoms with Crippen molar-refractivity contribution < 1.29 is 19.1 Å². The summed E-state index contributed by atoms with van der Waals surface area (Å²) in [6.45, 7) is 7.82. The number of piperidine rings is 1. The monoisotopic (exact) mass is 570 g/mol. The molecule has 0 bridgehead atoms. The van der Waals surface area contributed by atoms with Crippen molar-refractivity contribution in [3.05, 3.63) is 49.9 Å². The van der Waals surface area contributed by atoms with Crippen LogP contribution in [0, 0.1) is 6.92 Å². The minimum absolute atomic E-state index is 0.0159. The molecule has 2 aromatic rings. The lowest BCUT2D eigenvalue weighted by molar-refractivity contribution is -0.140. The van der Waals surface area contributed by atoms with E-state index >= 15 is 0 Å². The molecule has 1 aliphatic heterocycles. The minimum Gasteiger partial charge on any atom is -0.382 e. The predicted molar refractivity (Wildman–Crippen MR) is 148 cm³/mol. The number of thiophene rings is 1. The molecule has 204 valence electrons. The number of aromatic nitrogens is 1. The van der Waals surface area contributed by atoms with Gasteiger partial charge in [0, 0.05) is 45.4 Å². The molecule has 2 aromatic heterocycles. The Balaban J connectivity index is 1.48. The Hall–Kier alpha value is -1.75. The molecule has 1 atom stereocenters. The number of ether oxygens (including phenoxy) is 2. The van der Waals surface area contributed by atoms with Crippen LogP contribution in [0.3, 0.4) is 0 Å². The number of carbonyl (C=O) groups excluding carboxylic acids is 2. The second-order valence-electron chi connectivity index (χ2n) is 9.29. The zero-order chi connectivity index (χ0) is 26.8. The summed E-state index contributed by atoms with van der Waals surface area (Å²) < 4.78 is 10.5. The number of hydrogen-bond acceptors (Lipinski definition) is 7. The maximum atomic E-state index is 13.0. The van der Waals surface area contributed by atoms with Crippen molar-refractivity contribution in [2.24, 2.45) is 0 Å². The molecule has 2 amide bonds. The summed E-state index contributed by atoms with van der Waals surface area (Å²) in [4.78, 5) is 34.0. The zero-order valence-corrected chi connectivity index (χ0v) is 24.0. The Kier molecular flexibility index (Phi) is 12.1. The van der Waals surface area contributed by atoms with E-state index < -0.39 is 0 Å². The SMILES string of the molecule is COCCOCC(=O)N(Cc1ccsc1)C1CCN([C@H](C)CCNC(=O)c2c(C)cc(Cl)nc2Cl)CC1. The van der Waals surface area contributed by atoms with Gasteiger partial charge in [-0.1, -0.05) is 23.2 Å². The lowest BCUT2D eigenvalue weighted by Gasteiger charge is -2.40. The van der Waals surface area contributed by atoms with E-state index in [-0.39, 0.29) is 34.8 Å². The van der Waals surface area contributed by atoms with Gasteiger partial charge in [-0.3, -0.25) is 9.59 Å². The summed E-state index contributed by atoms with van der Waals surface area (Å²) in [5.41, 5.74) is 2.21. The van der Waals surface area contributed by atoms with Gasteiger partial charge in [-0.15, -0.1) is 0 Å². The fraction of sp³-hybridized carbons (Fsp3) is 0.577. The average molecular weight is 572 g/mol. The zero-order valence-electron chi connectivity index (χ0n) is 21.7. The van der Waals surface area contributed by atoms with Crippen LogP contribution in [-0.2, 0) is 20.8 Å². The molecular weight excluding hydrogens is 535 g/mol. The molecule has 1 N–H and O–H groups in total. The summed E-state index contributed by atoms with van der Waals surface area (Å²) >= 11 is 13.7. The van der Waals surface area contributed by atoms with Crippen molar-refractivity contribution in [2.75, 3.05) is 46.6 Å². The average Bonchev–Trinajstić information content (AvgIpc) is 3.38. The lowest BCUT2D eigenvalue weighted by Crippen LogP contribution is -2.50. The summed E-state index contributed by atoms with van der Waals surface area (Å²) in [5.74, 6) is -0.227. The van der Waals surface area contributed by atoms with Crippen LogP contribution in [0.15, 0.2) is 22.9 Å². The number of nitrogens with zero attached hydrogens (tertiary/aromatic N) is 3. The predicted octanol–water partition coefficient (Wildman–Crippen LogP) is 4.42. The van der Waals surface area contributed by atoms with Crippen LogP contribution in [0.4, 0.5) is 0 Å². The number of aryl methyl sites for hydroxylation is 1.